The number of anilines is 1. The standard InChI is InChI=1S/C13H12F2N2OS/c1-2-3-12(18)17-13-16-11(7-19-13)9-5-4-8(14)6-10(9)15/h4-7H,2-3H2,1H3,(H,16,17,18). The highest BCUT2D eigenvalue weighted by atomic mass is 32.1. The fourth-order valence-electron chi connectivity index (χ4n) is 1.56. The third-order valence-electron chi connectivity index (χ3n) is 2.43. The van der Waals surface area contributed by atoms with Gasteiger partial charge in [0.15, 0.2) is 5.13 Å². The Morgan fingerprint density at radius 3 is 2.89 bits per heavy atom. The van der Waals surface area contributed by atoms with Crippen molar-refractivity contribution in [3.05, 3.63) is 35.2 Å². The normalized spacial score (nSPS) is 10.5. The van der Waals surface area contributed by atoms with Crippen LogP contribution in [0.2, 0.25) is 0 Å². The van der Waals surface area contributed by atoms with Crippen LogP contribution in [0, 0.1) is 11.6 Å². The van der Waals surface area contributed by atoms with Crippen molar-refractivity contribution >= 4 is 22.4 Å². The Kier molecular flexibility index (Phi) is 4.21. The molecule has 6 heteroatoms. The number of carbonyl (C=O) groups is 1. The van der Waals surface area contributed by atoms with Crippen LogP contribution in [0.3, 0.4) is 0 Å². The number of aromatic nitrogens is 1. The second-order valence-electron chi connectivity index (χ2n) is 3.96. The molecule has 0 saturated heterocycles. The SMILES string of the molecule is CCCC(=O)Nc1nc(-c2ccc(F)cc2F)cs1. The quantitative estimate of drug-likeness (QED) is 0.926. The van der Waals surface area contributed by atoms with E-state index in [0.29, 0.717) is 17.2 Å². The first-order valence-corrected chi connectivity index (χ1v) is 6.69. The molecule has 1 amide bonds. The summed E-state index contributed by atoms with van der Waals surface area (Å²) < 4.78 is 26.4. The lowest BCUT2D eigenvalue weighted by Gasteiger charge is -2.00. The molecule has 1 aromatic carbocycles. The van der Waals surface area contributed by atoms with Gasteiger partial charge in [-0.15, -0.1) is 11.3 Å². The zero-order valence-corrected chi connectivity index (χ0v) is 11.1. The van der Waals surface area contributed by atoms with Gasteiger partial charge in [-0.1, -0.05) is 6.92 Å². The Hall–Kier alpha value is -1.82. The first-order valence-electron chi connectivity index (χ1n) is 5.81. The number of halogens is 2. The van der Waals surface area contributed by atoms with Crippen molar-refractivity contribution in [2.45, 2.75) is 19.8 Å². The Morgan fingerprint density at radius 2 is 2.21 bits per heavy atom. The van der Waals surface area contributed by atoms with Crippen molar-refractivity contribution in [3.63, 3.8) is 0 Å². The molecule has 0 bridgehead atoms. The smallest absolute Gasteiger partial charge is 0.226 e. The maximum absolute atomic E-state index is 13.6. The molecule has 1 heterocycles. The minimum Gasteiger partial charge on any atom is -0.302 e. The van der Waals surface area contributed by atoms with E-state index in [1.165, 1.54) is 23.5 Å². The summed E-state index contributed by atoms with van der Waals surface area (Å²) in [6.45, 7) is 1.90. The van der Waals surface area contributed by atoms with Gasteiger partial charge in [0.25, 0.3) is 0 Å². The van der Waals surface area contributed by atoms with Gasteiger partial charge in [-0.25, -0.2) is 13.8 Å². The fraction of sp³-hybridized carbons (Fsp3) is 0.231. The Morgan fingerprint density at radius 1 is 1.42 bits per heavy atom. The van der Waals surface area contributed by atoms with Crippen molar-refractivity contribution in [3.8, 4) is 11.3 Å². The van der Waals surface area contributed by atoms with Gasteiger partial charge >= 0.3 is 0 Å². The summed E-state index contributed by atoms with van der Waals surface area (Å²) in [5.41, 5.74) is 0.600. The molecule has 19 heavy (non-hydrogen) atoms. The summed E-state index contributed by atoms with van der Waals surface area (Å²) >= 11 is 1.21. The molecule has 2 rings (SSSR count). The molecule has 3 nitrogen and oxygen atoms in total. The first kappa shape index (κ1) is 13.6. The van der Waals surface area contributed by atoms with Gasteiger partial charge in [0.2, 0.25) is 5.91 Å². The molecule has 0 radical (unpaired) electrons. The predicted octanol–water partition coefficient (Wildman–Crippen LogP) is 3.83. The molecule has 1 N–H and O–H groups in total. The van der Waals surface area contributed by atoms with Gasteiger partial charge in [-0.2, -0.15) is 0 Å². The number of hydrogen-bond donors (Lipinski definition) is 1. The van der Waals surface area contributed by atoms with Crippen LogP contribution in [0.25, 0.3) is 11.3 Å². The number of amides is 1. The Labute approximate surface area is 113 Å². The van der Waals surface area contributed by atoms with E-state index in [-0.39, 0.29) is 11.5 Å². The van der Waals surface area contributed by atoms with E-state index in [0.717, 1.165) is 12.5 Å². The molecular formula is C13H12F2N2OS. The second kappa shape index (κ2) is 5.88. The lowest BCUT2D eigenvalue weighted by molar-refractivity contribution is -0.116. The third kappa shape index (κ3) is 3.35. The maximum atomic E-state index is 13.6. The molecule has 0 aliphatic rings. The van der Waals surface area contributed by atoms with Crippen LogP contribution in [-0.4, -0.2) is 10.9 Å². The van der Waals surface area contributed by atoms with Crippen molar-refractivity contribution in [1.29, 1.82) is 0 Å². The predicted molar refractivity (Wildman–Crippen MR) is 71.0 cm³/mol. The highest BCUT2D eigenvalue weighted by molar-refractivity contribution is 7.14. The lowest BCUT2D eigenvalue weighted by atomic mass is 10.1. The maximum Gasteiger partial charge on any atom is 0.226 e. The van der Waals surface area contributed by atoms with Gasteiger partial charge in [-0.3, -0.25) is 4.79 Å². The molecule has 0 aliphatic heterocycles. The molecule has 0 fully saturated rings. The monoisotopic (exact) mass is 282 g/mol. The van der Waals surface area contributed by atoms with E-state index in [9.17, 15) is 13.6 Å². The molecule has 0 saturated carbocycles. The van der Waals surface area contributed by atoms with E-state index < -0.39 is 11.6 Å². The third-order valence-corrected chi connectivity index (χ3v) is 3.19. The topological polar surface area (TPSA) is 42.0 Å². The van der Waals surface area contributed by atoms with Crippen molar-refractivity contribution < 1.29 is 13.6 Å². The molecule has 2 aromatic rings. The average molecular weight is 282 g/mol. The summed E-state index contributed by atoms with van der Waals surface area (Å²) in [6.07, 6.45) is 1.16. The summed E-state index contributed by atoms with van der Waals surface area (Å²) in [5, 5.41) is 4.67. The van der Waals surface area contributed by atoms with E-state index >= 15 is 0 Å². The minimum atomic E-state index is -0.670. The van der Waals surface area contributed by atoms with Crippen LogP contribution < -0.4 is 5.32 Å². The number of nitrogens with one attached hydrogen (secondary N) is 1. The number of nitrogens with zero attached hydrogens (tertiary/aromatic N) is 1. The van der Waals surface area contributed by atoms with Crippen LogP contribution in [0.1, 0.15) is 19.8 Å². The fourth-order valence-corrected chi connectivity index (χ4v) is 2.29. The van der Waals surface area contributed by atoms with E-state index in [1.807, 2.05) is 6.92 Å². The highest BCUT2D eigenvalue weighted by Gasteiger charge is 2.11. The minimum absolute atomic E-state index is 0.122. The average Bonchev–Trinajstić information content (AvgIpc) is 2.77. The zero-order chi connectivity index (χ0) is 13.8. The van der Waals surface area contributed by atoms with Gasteiger partial charge in [0.1, 0.15) is 11.6 Å². The molecule has 0 aliphatic carbocycles. The van der Waals surface area contributed by atoms with E-state index in [2.05, 4.69) is 10.3 Å². The number of hydrogen-bond acceptors (Lipinski definition) is 3. The van der Waals surface area contributed by atoms with Crippen LogP contribution in [0.15, 0.2) is 23.6 Å². The van der Waals surface area contributed by atoms with E-state index in [1.54, 1.807) is 5.38 Å². The second-order valence-corrected chi connectivity index (χ2v) is 4.82. The van der Waals surface area contributed by atoms with Crippen LogP contribution in [0.4, 0.5) is 13.9 Å². The van der Waals surface area contributed by atoms with Gasteiger partial charge in [0, 0.05) is 23.4 Å². The molecular weight excluding hydrogens is 270 g/mol. The highest BCUT2D eigenvalue weighted by Crippen LogP contribution is 2.27. The van der Waals surface area contributed by atoms with Crippen LogP contribution in [0.5, 0.6) is 0 Å². The van der Waals surface area contributed by atoms with Crippen molar-refractivity contribution in [2.75, 3.05) is 5.32 Å². The largest absolute Gasteiger partial charge is 0.302 e. The Bertz CT molecular complexity index is 598. The first-order chi connectivity index (χ1) is 9.10. The van der Waals surface area contributed by atoms with Crippen LogP contribution >= 0.6 is 11.3 Å². The molecule has 0 atom stereocenters. The molecule has 1 aromatic heterocycles. The van der Waals surface area contributed by atoms with Crippen molar-refractivity contribution in [2.24, 2.45) is 0 Å². The molecule has 100 valence electrons. The van der Waals surface area contributed by atoms with Crippen LogP contribution in [-0.2, 0) is 4.79 Å². The van der Waals surface area contributed by atoms with Crippen molar-refractivity contribution in [1.82, 2.24) is 4.98 Å². The summed E-state index contributed by atoms with van der Waals surface area (Å²) in [4.78, 5) is 15.5. The molecule has 0 unspecified atom stereocenters. The summed E-state index contributed by atoms with van der Waals surface area (Å²) in [6, 6.07) is 3.31. The van der Waals surface area contributed by atoms with Gasteiger partial charge in [-0.05, 0) is 18.6 Å². The zero-order valence-electron chi connectivity index (χ0n) is 10.2. The lowest BCUT2D eigenvalue weighted by Crippen LogP contribution is -2.10. The number of carbonyl (C=O) groups excluding carboxylic acids is 1. The number of rotatable bonds is 4. The van der Waals surface area contributed by atoms with Gasteiger partial charge in [0.05, 0.1) is 5.69 Å². The van der Waals surface area contributed by atoms with Gasteiger partial charge < -0.3 is 5.32 Å². The summed E-state index contributed by atoms with van der Waals surface area (Å²) in [7, 11) is 0. The van der Waals surface area contributed by atoms with E-state index in [4.69, 9.17) is 0 Å². The Balaban J connectivity index is 2.18. The number of thiazole rings is 1. The molecule has 0 spiro atoms. The summed E-state index contributed by atoms with van der Waals surface area (Å²) in [5.74, 6) is -1.42. The number of benzene rings is 1.